The molecule has 0 saturated carbocycles. The van der Waals surface area contributed by atoms with Gasteiger partial charge in [0.2, 0.25) is 0 Å². The third-order valence-electron chi connectivity index (χ3n) is 19.5. The van der Waals surface area contributed by atoms with Gasteiger partial charge in [0.05, 0.1) is 13.1 Å². The molecular formula is C78H88F4N6S6. The Labute approximate surface area is 576 Å². The molecule has 6 nitrogen and oxygen atoms in total. The number of thiophene rings is 6. The molecule has 0 amide bonds. The molecule has 0 saturated heterocycles. The van der Waals surface area contributed by atoms with Gasteiger partial charge < -0.3 is 0 Å². The third-order valence-corrected chi connectivity index (χ3v) is 26.4. The van der Waals surface area contributed by atoms with Gasteiger partial charge in [-0.3, -0.25) is 0 Å². The monoisotopic (exact) mass is 1380 g/mol. The van der Waals surface area contributed by atoms with Crippen LogP contribution in [0.5, 0.6) is 0 Å². The molecule has 4 aromatic carbocycles. The Kier molecular flexibility index (Phi) is 21.9. The average Bonchev–Trinajstić information content (AvgIpc) is 1.55. The van der Waals surface area contributed by atoms with Gasteiger partial charge in [0.1, 0.15) is 33.7 Å². The van der Waals surface area contributed by atoms with Gasteiger partial charge >= 0.3 is 0 Å². The maximum absolute atomic E-state index is 16.8. The minimum Gasteiger partial charge on any atom is -0.206 e. The van der Waals surface area contributed by atoms with Crippen LogP contribution in [0.2, 0.25) is 0 Å². The molecule has 0 radical (unpaired) electrons. The van der Waals surface area contributed by atoms with E-state index < -0.39 is 11.6 Å². The zero-order chi connectivity index (χ0) is 65.9. The number of aryl methyl sites for hydroxylation is 2. The van der Waals surface area contributed by atoms with Gasteiger partial charge in [-0.15, -0.1) is 68.0 Å². The summed E-state index contributed by atoms with van der Waals surface area (Å²) in [6, 6.07) is 27.6. The Hall–Kier alpha value is -5.88. The zero-order valence-electron chi connectivity index (χ0n) is 56.2. The van der Waals surface area contributed by atoms with Crippen molar-refractivity contribution in [3.63, 3.8) is 0 Å². The van der Waals surface area contributed by atoms with E-state index in [0.29, 0.717) is 52.8 Å². The Bertz CT molecular complexity index is 4490. The first-order chi connectivity index (χ1) is 45.7. The van der Waals surface area contributed by atoms with Crippen molar-refractivity contribution in [2.45, 2.75) is 198 Å². The second-order valence-electron chi connectivity index (χ2n) is 26.2. The van der Waals surface area contributed by atoms with E-state index in [1.54, 1.807) is 69.6 Å². The van der Waals surface area contributed by atoms with Crippen molar-refractivity contribution in [1.29, 1.82) is 0 Å². The summed E-state index contributed by atoms with van der Waals surface area (Å²) < 4.78 is 68.9. The molecule has 94 heavy (non-hydrogen) atoms. The first-order valence-electron chi connectivity index (χ1n) is 34.7. The molecular weight excluding hydrogens is 1290 g/mol. The maximum Gasteiger partial charge on any atom is 0.168 e. The highest BCUT2D eigenvalue weighted by Crippen LogP contribution is 2.55. The lowest BCUT2D eigenvalue weighted by atomic mass is 9.95. The molecule has 8 aromatic heterocycles. The summed E-state index contributed by atoms with van der Waals surface area (Å²) in [5.74, 6) is -0.382. The highest BCUT2D eigenvalue weighted by molar-refractivity contribution is 7.25. The molecule has 0 aliphatic heterocycles. The first kappa shape index (κ1) is 68.1. The van der Waals surface area contributed by atoms with E-state index in [2.05, 4.69) is 106 Å². The zero-order valence-corrected chi connectivity index (χ0v) is 61.1. The number of hydrogen-bond acceptors (Lipinski definition) is 10. The van der Waals surface area contributed by atoms with Crippen molar-refractivity contribution in [3.05, 3.63) is 128 Å². The smallest absolute Gasteiger partial charge is 0.168 e. The van der Waals surface area contributed by atoms with Crippen molar-refractivity contribution in [2.24, 2.45) is 23.7 Å². The van der Waals surface area contributed by atoms with Crippen molar-refractivity contribution in [2.75, 3.05) is 0 Å². The van der Waals surface area contributed by atoms with Crippen LogP contribution in [0, 0.1) is 60.8 Å². The van der Waals surface area contributed by atoms with E-state index in [9.17, 15) is 0 Å². The molecule has 4 atom stereocenters. The summed E-state index contributed by atoms with van der Waals surface area (Å²) in [6.07, 6.45) is 18.9. The quantitative estimate of drug-likeness (QED) is 0.0406. The van der Waals surface area contributed by atoms with Crippen LogP contribution in [0.4, 0.5) is 17.6 Å². The molecule has 8 heterocycles. The van der Waals surface area contributed by atoms with Gasteiger partial charge in [-0.25, -0.2) is 17.6 Å². The fraction of sp³-hybridized carbons (Fsp3) is 0.436. The second kappa shape index (κ2) is 30.3. The Morgan fingerprint density at radius 1 is 0.372 bits per heavy atom. The molecule has 16 heteroatoms. The fourth-order valence-corrected chi connectivity index (χ4v) is 20.7. The van der Waals surface area contributed by atoms with Gasteiger partial charge in [0.25, 0.3) is 0 Å². The van der Waals surface area contributed by atoms with Crippen molar-refractivity contribution < 1.29 is 17.6 Å². The average molecular weight is 1380 g/mol. The van der Waals surface area contributed by atoms with Crippen molar-refractivity contribution >= 4 is 110 Å². The first-order valence-corrected chi connectivity index (χ1v) is 39.6. The number of halogens is 4. The van der Waals surface area contributed by atoms with Crippen LogP contribution in [-0.2, 0) is 25.9 Å². The molecule has 12 aromatic rings. The highest BCUT2D eigenvalue weighted by Gasteiger charge is 2.29. The van der Waals surface area contributed by atoms with E-state index in [4.69, 9.17) is 20.4 Å². The van der Waals surface area contributed by atoms with Gasteiger partial charge in [0, 0.05) is 108 Å². The topological polar surface area (TPSA) is 61.4 Å². The molecule has 0 spiro atoms. The maximum atomic E-state index is 16.8. The number of aromatic nitrogens is 6. The van der Waals surface area contributed by atoms with Crippen LogP contribution in [0.1, 0.15) is 178 Å². The van der Waals surface area contributed by atoms with E-state index in [-0.39, 0.29) is 22.8 Å². The highest BCUT2D eigenvalue weighted by atomic mass is 32.1. The fourth-order valence-electron chi connectivity index (χ4n) is 13.7. The normalized spacial score (nSPS) is 13.5. The molecule has 494 valence electrons. The second-order valence-corrected chi connectivity index (χ2v) is 32.9. The standard InChI is InChI=1S/C78H88F4N6S6/c1-11-19-23-47(15-5)38-65-58(79)41-67(92-65)69-56-37-46(10)89-77(56)70(68-42-59(80)66(93-68)39-48(16-6)24-20-12-2)57-40-64(94-78(57)69)55-32-31-54(75-76(55)86-88(85-75)44-50(18-8)26-22-14-4)63-36-34-61(91-63)52-30-29-51(71(81)72(52)82)60-33-35-62(90-60)53-28-27-45(9)73-74(53)84-87(83-73)43-49(17-7)25-21-13-3/h27-37,40-42,47-50H,11-26,38-39,43-44H2,1-10H3. The third kappa shape index (κ3) is 14.0. The number of nitrogens with zero attached hydrogens (tertiary/aromatic N) is 6. The molecule has 12 rings (SSSR count). The van der Waals surface area contributed by atoms with Crippen LogP contribution in [0.25, 0.3) is 115 Å². The Morgan fingerprint density at radius 2 is 0.745 bits per heavy atom. The predicted molar refractivity (Wildman–Crippen MR) is 399 cm³/mol. The Morgan fingerprint density at radius 3 is 1.19 bits per heavy atom. The number of rotatable bonds is 31. The summed E-state index contributed by atoms with van der Waals surface area (Å²) in [4.78, 5) is 12.3. The molecule has 0 aliphatic carbocycles. The van der Waals surface area contributed by atoms with Crippen molar-refractivity contribution in [1.82, 2.24) is 30.0 Å². The van der Waals surface area contributed by atoms with Gasteiger partial charge in [-0.05, 0) is 129 Å². The molecule has 0 aliphatic rings. The van der Waals surface area contributed by atoms with E-state index in [0.717, 1.165) is 217 Å². The van der Waals surface area contributed by atoms with Gasteiger partial charge in [-0.1, -0.05) is 170 Å². The molecule has 0 bridgehead atoms. The molecule has 0 N–H and O–H groups in total. The van der Waals surface area contributed by atoms with Crippen LogP contribution < -0.4 is 0 Å². The minimum atomic E-state index is -0.894. The summed E-state index contributed by atoms with van der Waals surface area (Å²) in [5, 5.41) is 22.8. The summed E-state index contributed by atoms with van der Waals surface area (Å²) in [6.45, 7) is 23.4. The molecule has 4 unspecified atom stereocenters. The molecule has 0 fully saturated rings. The van der Waals surface area contributed by atoms with E-state index >= 15 is 17.6 Å². The van der Waals surface area contributed by atoms with Crippen LogP contribution in [-0.4, -0.2) is 30.0 Å². The van der Waals surface area contributed by atoms with Gasteiger partial charge in [0.15, 0.2) is 11.6 Å². The van der Waals surface area contributed by atoms with Crippen LogP contribution >= 0.6 is 68.0 Å². The number of unbranched alkanes of at least 4 members (excludes halogenated alkanes) is 4. The minimum absolute atomic E-state index is 0.143. The van der Waals surface area contributed by atoms with Crippen molar-refractivity contribution in [3.8, 4) is 73.1 Å². The summed E-state index contributed by atoms with van der Waals surface area (Å²) in [7, 11) is 0. The summed E-state index contributed by atoms with van der Waals surface area (Å²) >= 11 is 9.44. The van der Waals surface area contributed by atoms with Crippen LogP contribution in [0.15, 0.2) is 84.9 Å². The van der Waals surface area contributed by atoms with Gasteiger partial charge in [-0.2, -0.15) is 30.0 Å². The lowest BCUT2D eigenvalue weighted by Crippen LogP contribution is -2.12. The lowest BCUT2D eigenvalue weighted by Gasteiger charge is -2.13. The number of hydrogen-bond donors (Lipinski definition) is 0. The SMILES string of the molecule is CCCCC(CC)Cc1sc(-c2c3cc(-c4ccc(-c5ccc(-c6ccc(-c7ccc(-c8ccc(C)c9nn(CC(CC)CCCC)nc89)s7)c(F)c6F)s5)c5nn(CC(CC)CCCC)nc45)sc3c(-c3cc(F)c(CC(CC)CCCC)s3)c3cc(C)sc23)cc1F. The lowest BCUT2D eigenvalue weighted by molar-refractivity contribution is 0.351. The van der Waals surface area contributed by atoms with Crippen LogP contribution in [0.3, 0.4) is 0 Å². The number of fused-ring (bicyclic) bond motifs is 4. The number of benzene rings is 4. The summed E-state index contributed by atoms with van der Waals surface area (Å²) in [5.41, 5.74) is 9.36. The predicted octanol–water partition coefficient (Wildman–Crippen LogP) is 26.6. The van der Waals surface area contributed by atoms with E-state index in [1.807, 2.05) is 33.9 Å². The van der Waals surface area contributed by atoms with E-state index in [1.165, 1.54) is 29.1 Å². The largest absolute Gasteiger partial charge is 0.206 e. The Balaban J connectivity index is 0.942.